The molecule has 0 aliphatic rings. The van der Waals surface area contributed by atoms with Gasteiger partial charge in [-0.3, -0.25) is 20.0 Å². The van der Waals surface area contributed by atoms with Gasteiger partial charge in [0.05, 0.1) is 10.7 Å². The second kappa shape index (κ2) is 7.71. The Morgan fingerprint density at radius 3 is 2.52 bits per heavy atom. The number of aromatic nitrogens is 3. The minimum absolute atomic E-state index is 0.0382. The molecule has 0 atom stereocenters. The van der Waals surface area contributed by atoms with Crippen molar-refractivity contribution in [1.82, 2.24) is 15.2 Å². The van der Waals surface area contributed by atoms with E-state index in [9.17, 15) is 14.9 Å². The summed E-state index contributed by atoms with van der Waals surface area (Å²) in [6.45, 7) is 0. The zero-order chi connectivity index (χ0) is 17.6. The summed E-state index contributed by atoms with van der Waals surface area (Å²) < 4.78 is 0. The van der Waals surface area contributed by atoms with E-state index in [0.29, 0.717) is 17.1 Å². The van der Waals surface area contributed by atoms with Gasteiger partial charge < -0.3 is 0 Å². The number of carbonyl (C=O) groups excluding carboxylic acids is 1. The summed E-state index contributed by atoms with van der Waals surface area (Å²) in [5, 5.41) is 18.1. The number of hydrogen-bond acceptors (Lipinski definition) is 6. The maximum Gasteiger partial charge on any atom is 0.269 e. The van der Waals surface area contributed by atoms with Crippen LogP contribution in [0, 0.1) is 10.1 Å². The van der Waals surface area contributed by atoms with Crippen molar-refractivity contribution in [3.8, 4) is 0 Å². The van der Waals surface area contributed by atoms with Crippen LogP contribution < -0.4 is 0 Å². The van der Waals surface area contributed by atoms with Crippen LogP contribution in [-0.2, 0) is 6.42 Å². The van der Waals surface area contributed by atoms with Gasteiger partial charge >= 0.3 is 0 Å². The number of non-ortho nitro benzene ring substituents is 1. The van der Waals surface area contributed by atoms with Crippen LogP contribution in [0.4, 0.5) is 5.69 Å². The zero-order valence-electron chi connectivity index (χ0n) is 13.1. The second-order valence-electron chi connectivity index (χ2n) is 5.24. The van der Waals surface area contributed by atoms with E-state index in [1.54, 1.807) is 0 Å². The molecule has 25 heavy (non-hydrogen) atoms. The number of rotatable bonds is 7. The van der Waals surface area contributed by atoms with Crippen LogP contribution in [0.1, 0.15) is 21.7 Å². The molecular weight excluding hydrogens is 340 g/mol. The summed E-state index contributed by atoms with van der Waals surface area (Å²) in [7, 11) is 0. The van der Waals surface area contributed by atoms with E-state index in [2.05, 4.69) is 15.2 Å². The highest BCUT2D eigenvalue weighted by Gasteiger charge is 2.12. The third-order valence-corrected chi connectivity index (χ3v) is 4.31. The first kappa shape index (κ1) is 16.8. The first-order chi connectivity index (χ1) is 12.1. The van der Waals surface area contributed by atoms with Crippen LogP contribution in [0.3, 0.4) is 0 Å². The van der Waals surface area contributed by atoms with Crippen LogP contribution in [0.2, 0.25) is 0 Å². The largest absolute Gasteiger partial charge is 0.293 e. The van der Waals surface area contributed by atoms with Crippen molar-refractivity contribution >= 4 is 23.2 Å². The normalized spacial score (nSPS) is 10.6. The van der Waals surface area contributed by atoms with Crippen molar-refractivity contribution in [3.05, 3.63) is 81.7 Å². The van der Waals surface area contributed by atoms with Gasteiger partial charge in [-0.2, -0.15) is 0 Å². The van der Waals surface area contributed by atoms with E-state index < -0.39 is 4.92 Å². The number of nitrogens with zero attached hydrogens (tertiary/aromatic N) is 3. The molecule has 0 aliphatic carbocycles. The molecule has 2 aromatic carbocycles. The zero-order valence-corrected chi connectivity index (χ0v) is 13.9. The molecule has 3 rings (SSSR count). The molecule has 1 heterocycles. The highest BCUT2D eigenvalue weighted by atomic mass is 32.2. The van der Waals surface area contributed by atoms with E-state index in [0.717, 1.165) is 11.4 Å². The Labute approximate surface area is 147 Å². The molecule has 1 N–H and O–H groups in total. The Hall–Kier alpha value is -3.00. The lowest BCUT2D eigenvalue weighted by Crippen LogP contribution is -2.02. The molecule has 0 fully saturated rings. The lowest BCUT2D eigenvalue weighted by Gasteiger charge is -1.99. The maximum absolute atomic E-state index is 12.1. The van der Waals surface area contributed by atoms with Gasteiger partial charge in [0.15, 0.2) is 5.78 Å². The standard InChI is InChI=1S/C17H14N4O3S/c22-15(13-6-8-14(9-7-13)21(23)24)11-25-17-18-16(19-20-17)10-12-4-2-1-3-5-12/h1-9H,10-11H2,(H,18,19,20). The number of carbonyl (C=O) groups is 1. The van der Waals surface area contributed by atoms with Crippen molar-refractivity contribution in [1.29, 1.82) is 0 Å². The molecule has 0 radical (unpaired) electrons. The van der Waals surface area contributed by atoms with Crippen LogP contribution in [0.25, 0.3) is 0 Å². The Balaban J connectivity index is 1.56. The quantitative estimate of drug-likeness (QED) is 0.302. The molecule has 0 spiro atoms. The summed E-state index contributed by atoms with van der Waals surface area (Å²) in [6, 6.07) is 15.5. The summed E-state index contributed by atoms with van der Waals surface area (Å²) in [4.78, 5) is 26.6. The molecule has 0 amide bonds. The van der Waals surface area contributed by atoms with Crippen LogP contribution in [0.15, 0.2) is 59.8 Å². The molecule has 0 aliphatic heterocycles. The number of hydrogen-bond donors (Lipinski definition) is 1. The molecular formula is C17H14N4O3S. The van der Waals surface area contributed by atoms with E-state index >= 15 is 0 Å². The number of benzene rings is 2. The molecule has 0 saturated carbocycles. The Kier molecular flexibility index (Phi) is 5.20. The number of aromatic amines is 1. The van der Waals surface area contributed by atoms with Gasteiger partial charge in [-0.15, -0.1) is 5.10 Å². The highest BCUT2D eigenvalue weighted by Crippen LogP contribution is 2.18. The van der Waals surface area contributed by atoms with Gasteiger partial charge in [-0.05, 0) is 17.7 Å². The highest BCUT2D eigenvalue weighted by molar-refractivity contribution is 7.99. The van der Waals surface area contributed by atoms with E-state index in [-0.39, 0.29) is 17.2 Å². The first-order valence-electron chi connectivity index (χ1n) is 7.47. The monoisotopic (exact) mass is 354 g/mol. The molecule has 7 nitrogen and oxygen atoms in total. The summed E-state index contributed by atoms with van der Waals surface area (Å²) in [5.74, 6) is 0.770. The van der Waals surface area contributed by atoms with Crippen molar-refractivity contribution in [2.45, 2.75) is 11.6 Å². The molecule has 3 aromatic rings. The average molecular weight is 354 g/mol. The van der Waals surface area contributed by atoms with Gasteiger partial charge in [0.25, 0.3) is 5.69 Å². The fourth-order valence-electron chi connectivity index (χ4n) is 2.19. The minimum atomic E-state index is -0.495. The summed E-state index contributed by atoms with van der Waals surface area (Å²) in [5.41, 5.74) is 1.51. The summed E-state index contributed by atoms with van der Waals surface area (Å²) >= 11 is 1.23. The fourth-order valence-corrected chi connectivity index (χ4v) is 2.90. The third-order valence-electron chi connectivity index (χ3n) is 3.46. The van der Waals surface area contributed by atoms with Gasteiger partial charge in [-0.1, -0.05) is 42.1 Å². The number of nitro benzene ring substituents is 1. The van der Waals surface area contributed by atoms with Crippen LogP contribution in [0.5, 0.6) is 0 Å². The van der Waals surface area contributed by atoms with Crippen LogP contribution >= 0.6 is 11.8 Å². The summed E-state index contributed by atoms with van der Waals surface area (Å²) in [6.07, 6.45) is 0.644. The van der Waals surface area contributed by atoms with E-state index in [1.165, 1.54) is 36.0 Å². The van der Waals surface area contributed by atoms with Crippen molar-refractivity contribution in [2.24, 2.45) is 0 Å². The second-order valence-corrected chi connectivity index (χ2v) is 6.19. The van der Waals surface area contributed by atoms with Crippen molar-refractivity contribution in [3.63, 3.8) is 0 Å². The number of nitrogens with one attached hydrogen (secondary N) is 1. The Morgan fingerprint density at radius 2 is 1.84 bits per heavy atom. The van der Waals surface area contributed by atoms with Crippen molar-refractivity contribution in [2.75, 3.05) is 5.75 Å². The molecule has 1 aromatic heterocycles. The minimum Gasteiger partial charge on any atom is -0.293 e. The topological polar surface area (TPSA) is 102 Å². The van der Waals surface area contributed by atoms with Gasteiger partial charge in [0.2, 0.25) is 5.16 Å². The van der Waals surface area contributed by atoms with E-state index in [4.69, 9.17) is 0 Å². The lowest BCUT2D eigenvalue weighted by molar-refractivity contribution is -0.384. The van der Waals surface area contributed by atoms with Gasteiger partial charge in [-0.25, -0.2) is 4.98 Å². The fraction of sp³-hybridized carbons (Fsp3) is 0.118. The molecule has 0 bridgehead atoms. The maximum atomic E-state index is 12.1. The first-order valence-corrected chi connectivity index (χ1v) is 8.46. The van der Waals surface area contributed by atoms with Crippen molar-refractivity contribution < 1.29 is 9.72 Å². The number of thioether (sulfide) groups is 1. The Bertz CT molecular complexity index is 878. The molecule has 126 valence electrons. The number of H-pyrrole nitrogens is 1. The smallest absolute Gasteiger partial charge is 0.269 e. The number of Topliss-reactive ketones (excluding diaryl/α,β-unsaturated/α-hetero) is 1. The van der Waals surface area contributed by atoms with Crippen LogP contribution in [-0.4, -0.2) is 31.6 Å². The molecule has 8 heteroatoms. The van der Waals surface area contributed by atoms with Gasteiger partial charge in [0, 0.05) is 24.1 Å². The number of ketones is 1. The predicted molar refractivity (Wildman–Crippen MR) is 93.8 cm³/mol. The molecule has 0 unspecified atom stereocenters. The molecule has 0 saturated heterocycles. The average Bonchev–Trinajstić information content (AvgIpc) is 3.08. The van der Waals surface area contributed by atoms with E-state index in [1.807, 2.05) is 30.3 Å². The lowest BCUT2D eigenvalue weighted by atomic mass is 10.1. The predicted octanol–water partition coefficient (Wildman–Crippen LogP) is 3.28. The number of nitro groups is 1. The SMILES string of the molecule is O=C(CSc1n[nH]c(Cc2ccccc2)n1)c1ccc([N+](=O)[O-])cc1. The van der Waals surface area contributed by atoms with Gasteiger partial charge in [0.1, 0.15) is 5.82 Å². The third kappa shape index (κ3) is 4.51. The Morgan fingerprint density at radius 1 is 1.12 bits per heavy atom.